The predicted molar refractivity (Wildman–Crippen MR) is 81.5 cm³/mol. The van der Waals surface area contributed by atoms with Crippen molar-refractivity contribution >= 4 is 21.8 Å². The van der Waals surface area contributed by atoms with Gasteiger partial charge in [0.1, 0.15) is 6.04 Å². The van der Waals surface area contributed by atoms with Gasteiger partial charge in [-0.15, -0.1) is 0 Å². The molecule has 1 aliphatic rings. The van der Waals surface area contributed by atoms with Crippen LogP contribution in [0.25, 0.3) is 0 Å². The van der Waals surface area contributed by atoms with Crippen LogP contribution in [0, 0.1) is 5.92 Å². The number of rotatable bonds is 5. The fourth-order valence-corrected chi connectivity index (χ4v) is 3.67. The van der Waals surface area contributed by atoms with Crippen molar-refractivity contribution in [3.8, 4) is 0 Å². The first kappa shape index (κ1) is 16.6. The lowest BCUT2D eigenvalue weighted by molar-refractivity contribution is -0.134. The fourth-order valence-electron chi connectivity index (χ4n) is 2.37. The third kappa shape index (κ3) is 4.14. The number of carbonyl (C=O) groups is 2. The van der Waals surface area contributed by atoms with Crippen LogP contribution in [0.1, 0.15) is 32.3 Å². The summed E-state index contributed by atoms with van der Waals surface area (Å²) in [5, 5.41) is 2.14. The minimum Gasteiger partial charge on any atom is -0.295 e. The van der Waals surface area contributed by atoms with Crippen LogP contribution >= 0.6 is 0 Å². The SMILES string of the molecule is CC(C)Cc1cccc(S(=O)(=O)NC2CCC(=O)NC2=O)c1. The summed E-state index contributed by atoms with van der Waals surface area (Å²) in [5.41, 5.74) is 0.932. The highest BCUT2D eigenvalue weighted by molar-refractivity contribution is 7.89. The van der Waals surface area contributed by atoms with E-state index in [1.165, 1.54) is 6.07 Å². The molecule has 1 aromatic carbocycles. The van der Waals surface area contributed by atoms with Crippen molar-refractivity contribution in [1.29, 1.82) is 0 Å². The van der Waals surface area contributed by atoms with Crippen LogP contribution in [0.15, 0.2) is 29.2 Å². The highest BCUT2D eigenvalue weighted by atomic mass is 32.2. The Labute approximate surface area is 130 Å². The molecular formula is C15H20N2O4S. The van der Waals surface area contributed by atoms with Gasteiger partial charge in [0.25, 0.3) is 0 Å². The van der Waals surface area contributed by atoms with Crippen LogP contribution in [-0.2, 0) is 26.0 Å². The summed E-state index contributed by atoms with van der Waals surface area (Å²) in [6.07, 6.45) is 1.09. The molecule has 0 aromatic heterocycles. The lowest BCUT2D eigenvalue weighted by Crippen LogP contribution is -2.52. The Bertz CT molecular complexity index is 683. The molecule has 2 N–H and O–H groups in total. The second-order valence-electron chi connectivity index (χ2n) is 5.87. The van der Waals surface area contributed by atoms with Gasteiger partial charge in [0.05, 0.1) is 4.90 Å². The molecule has 2 rings (SSSR count). The van der Waals surface area contributed by atoms with Crippen molar-refractivity contribution in [1.82, 2.24) is 10.0 Å². The van der Waals surface area contributed by atoms with E-state index < -0.39 is 22.0 Å². The van der Waals surface area contributed by atoms with E-state index in [0.29, 0.717) is 5.92 Å². The number of piperidine rings is 1. The second-order valence-corrected chi connectivity index (χ2v) is 7.58. The van der Waals surface area contributed by atoms with Gasteiger partial charge in [-0.1, -0.05) is 26.0 Å². The summed E-state index contributed by atoms with van der Waals surface area (Å²) in [6.45, 7) is 4.12. The molecule has 0 spiro atoms. The molecule has 22 heavy (non-hydrogen) atoms. The third-order valence-corrected chi connectivity index (χ3v) is 4.86. The highest BCUT2D eigenvalue weighted by Crippen LogP contribution is 2.16. The predicted octanol–water partition coefficient (Wildman–Crippen LogP) is 0.969. The number of hydrogen-bond donors (Lipinski definition) is 2. The van der Waals surface area contributed by atoms with E-state index in [1.54, 1.807) is 12.1 Å². The number of hydrogen-bond acceptors (Lipinski definition) is 4. The van der Waals surface area contributed by atoms with Gasteiger partial charge in [-0.05, 0) is 36.5 Å². The molecule has 1 saturated heterocycles. The summed E-state index contributed by atoms with van der Waals surface area (Å²) >= 11 is 0. The molecule has 1 atom stereocenters. The zero-order valence-electron chi connectivity index (χ0n) is 12.6. The molecule has 1 heterocycles. The molecule has 0 aliphatic carbocycles. The lowest BCUT2D eigenvalue weighted by Gasteiger charge is -2.21. The van der Waals surface area contributed by atoms with E-state index in [-0.39, 0.29) is 23.6 Å². The van der Waals surface area contributed by atoms with Crippen LogP contribution < -0.4 is 10.0 Å². The van der Waals surface area contributed by atoms with Crippen LogP contribution in [0.2, 0.25) is 0 Å². The van der Waals surface area contributed by atoms with Gasteiger partial charge >= 0.3 is 0 Å². The van der Waals surface area contributed by atoms with Gasteiger partial charge in [0.2, 0.25) is 21.8 Å². The first-order valence-corrected chi connectivity index (χ1v) is 8.71. The Morgan fingerprint density at radius 3 is 2.68 bits per heavy atom. The number of imide groups is 1. The Hall–Kier alpha value is -1.73. The average molecular weight is 324 g/mol. The zero-order chi connectivity index (χ0) is 16.3. The molecule has 1 aliphatic heterocycles. The Kier molecular flexibility index (Phi) is 4.97. The topological polar surface area (TPSA) is 92.3 Å². The summed E-state index contributed by atoms with van der Waals surface area (Å²) in [5.74, 6) is -0.557. The maximum absolute atomic E-state index is 12.4. The number of nitrogens with one attached hydrogen (secondary N) is 2. The summed E-state index contributed by atoms with van der Waals surface area (Å²) in [6, 6.07) is 5.78. The van der Waals surface area contributed by atoms with Crippen molar-refractivity contribution in [2.24, 2.45) is 5.92 Å². The van der Waals surface area contributed by atoms with Gasteiger partial charge in [-0.25, -0.2) is 8.42 Å². The minimum atomic E-state index is -3.79. The Balaban J connectivity index is 2.16. The fraction of sp³-hybridized carbons (Fsp3) is 0.467. The Morgan fingerprint density at radius 2 is 2.05 bits per heavy atom. The first-order chi connectivity index (χ1) is 10.3. The molecule has 1 fully saturated rings. The van der Waals surface area contributed by atoms with Crippen molar-refractivity contribution < 1.29 is 18.0 Å². The standard InChI is InChI=1S/C15H20N2O4S/c1-10(2)8-11-4-3-5-12(9-11)22(20,21)17-13-6-7-14(18)16-15(13)19/h3-5,9-10,13,17H,6-8H2,1-2H3,(H,16,18,19). The third-order valence-electron chi connectivity index (χ3n) is 3.39. The molecule has 0 saturated carbocycles. The minimum absolute atomic E-state index is 0.131. The molecule has 1 unspecified atom stereocenters. The largest absolute Gasteiger partial charge is 0.295 e. The van der Waals surface area contributed by atoms with Crippen molar-refractivity contribution in [3.05, 3.63) is 29.8 Å². The van der Waals surface area contributed by atoms with Gasteiger partial charge < -0.3 is 0 Å². The van der Waals surface area contributed by atoms with Crippen LogP contribution in [0.4, 0.5) is 0 Å². The van der Waals surface area contributed by atoms with Crippen molar-refractivity contribution in [3.63, 3.8) is 0 Å². The van der Waals surface area contributed by atoms with E-state index in [1.807, 2.05) is 6.07 Å². The number of amides is 2. The maximum atomic E-state index is 12.4. The molecule has 120 valence electrons. The number of benzene rings is 1. The number of sulfonamides is 1. The van der Waals surface area contributed by atoms with Gasteiger partial charge in [0, 0.05) is 6.42 Å². The van der Waals surface area contributed by atoms with E-state index in [9.17, 15) is 18.0 Å². The number of carbonyl (C=O) groups excluding carboxylic acids is 2. The first-order valence-electron chi connectivity index (χ1n) is 7.23. The molecule has 6 nitrogen and oxygen atoms in total. The summed E-state index contributed by atoms with van der Waals surface area (Å²) in [4.78, 5) is 22.9. The highest BCUT2D eigenvalue weighted by Gasteiger charge is 2.30. The van der Waals surface area contributed by atoms with Gasteiger partial charge in [-0.2, -0.15) is 4.72 Å². The maximum Gasteiger partial charge on any atom is 0.244 e. The van der Waals surface area contributed by atoms with Crippen LogP contribution in [0.3, 0.4) is 0 Å². The van der Waals surface area contributed by atoms with Crippen molar-refractivity contribution in [2.75, 3.05) is 0 Å². The molecule has 2 amide bonds. The molecule has 0 radical (unpaired) electrons. The zero-order valence-corrected chi connectivity index (χ0v) is 13.4. The van der Waals surface area contributed by atoms with E-state index in [2.05, 4.69) is 23.9 Å². The molecule has 7 heteroatoms. The molecular weight excluding hydrogens is 304 g/mol. The smallest absolute Gasteiger partial charge is 0.244 e. The molecule has 1 aromatic rings. The normalized spacial score (nSPS) is 19.3. The summed E-state index contributed by atoms with van der Waals surface area (Å²) in [7, 11) is -3.79. The van der Waals surface area contributed by atoms with Crippen LogP contribution in [-0.4, -0.2) is 26.3 Å². The quantitative estimate of drug-likeness (QED) is 0.789. The van der Waals surface area contributed by atoms with E-state index >= 15 is 0 Å². The van der Waals surface area contributed by atoms with E-state index in [0.717, 1.165) is 12.0 Å². The monoisotopic (exact) mass is 324 g/mol. The van der Waals surface area contributed by atoms with Crippen LogP contribution in [0.5, 0.6) is 0 Å². The van der Waals surface area contributed by atoms with Gasteiger partial charge in [-0.3, -0.25) is 14.9 Å². The second kappa shape index (κ2) is 6.58. The van der Waals surface area contributed by atoms with E-state index in [4.69, 9.17) is 0 Å². The Morgan fingerprint density at radius 1 is 1.32 bits per heavy atom. The average Bonchev–Trinajstić information content (AvgIpc) is 2.41. The van der Waals surface area contributed by atoms with Crippen molar-refractivity contribution in [2.45, 2.75) is 44.0 Å². The lowest BCUT2D eigenvalue weighted by atomic mass is 10.0. The summed E-state index contributed by atoms with van der Waals surface area (Å²) < 4.78 is 27.1. The molecule has 0 bridgehead atoms. The van der Waals surface area contributed by atoms with Gasteiger partial charge in [0.15, 0.2) is 0 Å².